The zero-order chi connectivity index (χ0) is 20.8. The number of methoxy groups -OCH3 is 1. The van der Waals surface area contributed by atoms with Crippen LogP contribution in [-0.2, 0) is 0 Å². The van der Waals surface area contributed by atoms with E-state index in [0.29, 0.717) is 18.1 Å². The standard InChI is InChI=1S/C25H21N3O2/c1-3-14-30-24-11-10-18(17-25(24)29-2)19-15-22(20-8-4-6-12-26-20)28-23(16-19)21-9-5-7-13-27-21/h3-13,15-17H,1,14H2,2H3. The lowest BCUT2D eigenvalue weighted by Crippen LogP contribution is -1.97. The zero-order valence-corrected chi connectivity index (χ0v) is 16.7. The maximum Gasteiger partial charge on any atom is 0.161 e. The first-order valence-electron chi connectivity index (χ1n) is 9.55. The van der Waals surface area contributed by atoms with E-state index < -0.39 is 0 Å². The lowest BCUT2D eigenvalue weighted by atomic mass is 10.0. The fourth-order valence-corrected chi connectivity index (χ4v) is 3.10. The molecule has 5 heteroatoms. The van der Waals surface area contributed by atoms with Crippen LogP contribution in [0.15, 0.2) is 91.8 Å². The lowest BCUT2D eigenvalue weighted by molar-refractivity contribution is 0.326. The van der Waals surface area contributed by atoms with Gasteiger partial charge in [-0.15, -0.1) is 0 Å². The molecule has 3 aromatic heterocycles. The summed E-state index contributed by atoms with van der Waals surface area (Å²) >= 11 is 0. The monoisotopic (exact) mass is 395 g/mol. The molecule has 0 atom stereocenters. The number of rotatable bonds is 7. The van der Waals surface area contributed by atoms with Gasteiger partial charge in [-0.3, -0.25) is 9.97 Å². The first kappa shape index (κ1) is 19.3. The summed E-state index contributed by atoms with van der Waals surface area (Å²) in [6.07, 6.45) is 5.23. The first-order chi connectivity index (χ1) is 14.8. The van der Waals surface area contributed by atoms with Crippen molar-refractivity contribution in [3.05, 3.63) is 91.8 Å². The molecule has 4 aromatic rings. The summed E-state index contributed by atoms with van der Waals surface area (Å²) < 4.78 is 11.2. The van der Waals surface area contributed by atoms with Crippen LogP contribution in [-0.4, -0.2) is 28.7 Å². The molecule has 0 aliphatic carbocycles. The molecule has 5 nitrogen and oxygen atoms in total. The van der Waals surface area contributed by atoms with Crippen LogP contribution in [0.5, 0.6) is 11.5 Å². The fraction of sp³-hybridized carbons (Fsp3) is 0.0800. The predicted octanol–water partition coefficient (Wildman–Crippen LogP) is 5.45. The van der Waals surface area contributed by atoms with E-state index >= 15 is 0 Å². The van der Waals surface area contributed by atoms with Crippen LogP contribution >= 0.6 is 0 Å². The van der Waals surface area contributed by atoms with Crippen molar-refractivity contribution in [3.8, 4) is 45.4 Å². The highest BCUT2D eigenvalue weighted by Crippen LogP contribution is 2.35. The van der Waals surface area contributed by atoms with Crippen LogP contribution < -0.4 is 9.47 Å². The van der Waals surface area contributed by atoms with Crippen molar-refractivity contribution >= 4 is 0 Å². The molecule has 4 rings (SSSR count). The summed E-state index contributed by atoms with van der Waals surface area (Å²) in [7, 11) is 1.63. The van der Waals surface area contributed by atoms with Gasteiger partial charge in [-0.05, 0) is 59.7 Å². The van der Waals surface area contributed by atoms with Crippen LogP contribution in [0, 0.1) is 0 Å². The molecule has 30 heavy (non-hydrogen) atoms. The third-order valence-corrected chi connectivity index (χ3v) is 4.53. The van der Waals surface area contributed by atoms with E-state index in [1.54, 1.807) is 25.6 Å². The summed E-state index contributed by atoms with van der Waals surface area (Å²) in [6, 6.07) is 21.5. The number of hydrogen-bond acceptors (Lipinski definition) is 5. The molecule has 0 amide bonds. The van der Waals surface area contributed by atoms with E-state index in [4.69, 9.17) is 14.5 Å². The Hall–Kier alpha value is -3.99. The Kier molecular flexibility index (Phi) is 5.80. The van der Waals surface area contributed by atoms with Gasteiger partial charge in [0, 0.05) is 12.4 Å². The SMILES string of the molecule is C=CCOc1ccc(-c2cc(-c3ccccn3)nc(-c3ccccn3)c2)cc1OC. The molecule has 0 radical (unpaired) electrons. The Morgan fingerprint density at radius 1 is 0.767 bits per heavy atom. The van der Waals surface area contributed by atoms with Crippen molar-refractivity contribution < 1.29 is 9.47 Å². The Morgan fingerprint density at radius 2 is 1.43 bits per heavy atom. The first-order valence-corrected chi connectivity index (χ1v) is 9.55. The van der Waals surface area contributed by atoms with E-state index in [-0.39, 0.29) is 0 Å². The highest BCUT2D eigenvalue weighted by Gasteiger charge is 2.12. The molecule has 0 aliphatic heterocycles. The van der Waals surface area contributed by atoms with Gasteiger partial charge in [-0.2, -0.15) is 0 Å². The molecule has 0 saturated carbocycles. The maximum absolute atomic E-state index is 5.68. The van der Waals surface area contributed by atoms with E-state index in [0.717, 1.165) is 33.9 Å². The highest BCUT2D eigenvalue weighted by atomic mass is 16.5. The van der Waals surface area contributed by atoms with E-state index in [9.17, 15) is 0 Å². The van der Waals surface area contributed by atoms with Gasteiger partial charge >= 0.3 is 0 Å². The average molecular weight is 395 g/mol. The second-order valence-electron chi connectivity index (χ2n) is 6.52. The second-order valence-corrected chi connectivity index (χ2v) is 6.52. The zero-order valence-electron chi connectivity index (χ0n) is 16.7. The van der Waals surface area contributed by atoms with Gasteiger partial charge in [-0.1, -0.05) is 30.9 Å². The number of pyridine rings is 3. The summed E-state index contributed by atoms with van der Waals surface area (Å²) in [5, 5.41) is 0. The highest BCUT2D eigenvalue weighted by molar-refractivity contribution is 5.76. The van der Waals surface area contributed by atoms with Gasteiger partial charge < -0.3 is 9.47 Å². The minimum absolute atomic E-state index is 0.415. The van der Waals surface area contributed by atoms with Crippen molar-refractivity contribution in [1.82, 2.24) is 15.0 Å². The topological polar surface area (TPSA) is 57.1 Å². The number of aromatic nitrogens is 3. The van der Waals surface area contributed by atoms with E-state index in [1.165, 1.54) is 0 Å². The Bertz CT molecular complexity index is 1090. The van der Waals surface area contributed by atoms with E-state index in [2.05, 4.69) is 16.5 Å². The van der Waals surface area contributed by atoms with Crippen LogP contribution in [0.2, 0.25) is 0 Å². The minimum Gasteiger partial charge on any atom is -0.493 e. The van der Waals surface area contributed by atoms with Crippen molar-refractivity contribution in [2.45, 2.75) is 0 Å². The lowest BCUT2D eigenvalue weighted by Gasteiger charge is -2.13. The molecule has 0 aliphatic rings. The summed E-state index contributed by atoms with van der Waals surface area (Å²) in [5.74, 6) is 1.33. The molecule has 0 unspecified atom stereocenters. The molecule has 3 heterocycles. The quantitative estimate of drug-likeness (QED) is 0.390. The molecule has 0 N–H and O–H groups in total. The summed E-state index contributed by atoms with van der Waals surface area (Å²) in [6.45, 7) is 4.10. The molecule has 0 spiro atoms. The van der Waals surface area contributed by atoms with E-state index in [1.807, 2.05) is 66.7 Å². The average Bonchev–Trinajstić information content (AvgIpc) is 2.83. The van der Waals surface area contributed by atoms with Crippen LogP contribution in [0.25, 0.3) is 33.9 Å². The molecule has 0 bridgehead atoms. The Morgan fingerprint density at radius 3 is 1.97 bits per heavy atom. The third-order valence-electron chi connectivity index (χ3n) is 4.53. The van der Waals surface area contributed by atoms with Crippen molar-refractivity contribution in [1.29, 1.82) is 0 Å². The number of benzene rings is 1. The largest absolute Gasteiger partial charge is 0.493 e. The third kappa shape index (κ3) is 4.20. The summed E-state index contributed by atoms with van der Waals surface area (Å²) in [5.41, 5.74) is 5.12. The molecule has 0 fully saturated rings. The van der Waals surface area contributed by atoms with Crippen LogP contribution in [0.4, 0.5) is 0 Å². The Labute approximate surface area is 175 Å². The maximum atomic E-state index is 5.68. The van der Waals surface area contributed by atoms with Crippen LogP contribution in [0.1, 0.15) is 0 Å². The van der Waals surface area contributed by atoms with Gasteiger partial charge in [0.15, 0.2) is 11.5 Å². The number of hydrogen-bond donors (Lipinski definition) is 0. The van der Waals surface area contributed by atoms with Crippen molar-refractivity contribution in [2.24, 2.45) is 0 Å². The second kappa shape index (κ2) is 9.01. The number of ether oxygens (including phenoxy) is 2. The van der Waals surface area contributed by atoms with Gasteiger partial charge in [0.1, 0.15) is 6.61 Å². The summed E-state index contributed by atoms with van der Waals surface area (Å²) in [4.78, 5) is 13.7. The predicted molar refractivity (Wildman–Crippen MR) is 118 cm³/mol. The van der Waals surface area contributed by atoms with Gasteiger partial charge in [0.2, 0.25) is 0 Å². The van der Waals surface area contributed by atoms with Crippen molar-refractivity contribution in [3.63, 3.8) is 0 Å². The van der Waals surface area contributed by atoms with Crippen molar-refractivity contribution in [2.75, 3.05) is 13.7 Å². The Balaban J connectivity index is 1.84. The normalized spacial score (nSPS) is 10.4. The van der Waals surface area contributed by atoms with Gasteiger partial charge in [0.05, 0.1) is 29.9 Å². The molecule has 0 saturated heterocycles. The molecular weight excluding hydrogens is 374 g/mol. The van der Waals surface area contributed by atoms with Crippen LogP contribution in [0.3, 0.4) is 0 Å². The smallest absolute Gasteiger partial charge is 0.161 e. The minimum atomic E-state index is 0.415. The van der Waals surface area contributed by atoms with Gasteiger partial charge in [0.25, 0.3) is 0 Å². The molecular formula is C25H21N3O2. The molecule has 1 aromatic carbocycles. The van der Waals surface area contributed by atoms with Gasteiger partial charge in [-0.25, -0.2) is 4.98 Å². The fourth-order valence-electron chi connectivity index (χ4n) is 3.10. The number of nitrogens with zero attached hydrogens (tertiary/aromatic N) is 3. The molecule has 148 valence electrons.